The number of pyridine rings is 1. The first kappa shape index (κ1) is 48.9. The highest BCUT2D eigenvalue weighted by Gasteiger charge is 2.33. The van der Waals surface area contributed by atoms with E-state index >= 15 is 0 Å². The number of benzene rings is 5. The lowest BCUT2D eigenvalue weighted by Crippen LogP contribution is -2.07. The zero-order chi connectivity index (χ0) is 46.4. The fourth-order valence-corrected chi connectivity index (χ4v) is 5.60. The van der Waals surface area contributed by atoms with Crippen LogP contribution in [0, 0.1) is 13.8 Å². The molecular weight excluding hydrogens is 825 g/mol. The number of allylic oxidation sites excluding steroid dienone is 6. The van der Waals surface area contributed by atoms with Crippen LogP contribution in [0.15, 0.2) is 188 Å². The molecule has 0 saturated heterocycles. The Balaban J connectivity index is 0.000000215. The number of nitrogens with zero attached hydrogens (tertiary/aromatic N) is 1. The summed E-state index contributed by atoms with van der Waals surface area (Å²) in [5.41, 5.74) is 4.18. The average molecular weight is 868 g/mol. The molecule has 0 aliphatic heterocycles. The minimum Gasteiger partial charge on any atom is -0.290 e. The molecule has 0 aliphatic carbocycles. The van der Waals surface area contributed by atoms with E-state index < -0.39 is 29.3 Å². The Kier molecular flexibility index (Phi) is 18.9. The molecule has 1 aromatic heterocycles. The molecule has 4 nitrogen and oxygen atoms in total. The topological polar surface area (TPSA) is 64.1 Å². The van der Waals surface area contributed by atoms with Crippen LogP contribution in [0.3, 0.4) is 0 Å². The van der Waals surface area contributed by atoms with Gasteiger partial charge in [0.2, 0.25) is 0 Å². The van der Waals surface area contributed by atoms with Gasteiger partial charge in [-0.3, -0.25) is 19.4 Å². The first-order chi connectivity index (χ1) is 30.6. The molecule has 0 saturated carbocycles. The van der Waals surface area contributed by atoms with Gasteiger partial charge in [-0.1, -0.05) is 152 Å². The molecule has 1 heterocycles. The van der Waals surface area contributed by atoms with E-state index in [4.69, 9.17) is 0 Å². The number of alkyl halides is 6. The normalized spacial score (nSPS) is 11.9. The van der Waals surface area contributed by atoms with Crippen molar-refractivity contribution in [2.45, 2.75) is 26.2 Å². The molecule has 0 bridgehead atoms. The molecule has 0 aliphatic rings. The fourth-order valence-electron chi connectivity index (χ4n) is 5.60. The van der Waals surface area contributed by atoms with Crippen LogP contribution in [0.5, 0.6) is 0 Å². The molecule has 0 N–H and O–H groups in total. The van der Waals surface area contributed by atoms with Crippen molar-refractivity contribution in [2.24, 2.45) is 0 Å². The maximum absolute atomic E-state index is 12.9. The summed E-state index contributed by atoms with van der Waals surface area (Å²) in [6.07, 6.45) is 11.5. The van der Waals surface area contributed by atoms with E-state index in [0.717, 1.165) is 58.7 Å². The molecular formula is C54H43F6NO3. The second-order valence-electron chi connectivity index (χ2n) is 13.8. The van der Waals surface area contributed by atoms with Gasteiger partial charge in [-0.15, -0.1) is 0 Å². The molecule has 6 aromatic rings. The van der Waals surface area contributed by atoms with Gasteiger partial charge in [-0.2, -0.15) is 26.3 Å². The van der Waals surface area contributed by atoms with E-state index in [1.165, 1.54) is 53.6 Å². The monoisotopic (exact) mass is 867 g/mol. The van der Waals surface area contributed by atoms with Crippen molar-refractivity contribution < 1.29 is 40.7 Å². The van der Waals surface area contributed by atoms with Crippen LogP contribution in [0.2, 0.25) is 0 Å². The molecule has 6 rings (SSSR count). The molecule has 0 atom stereocenters. The van der Waals surface area contributed by atoms with Crippen molar-refractivity contribution in [2.75, 3.05) is 0 Å². The Bertz CT molecular complexity index is 2480. The summed E-state index contributed by atoms with van der Waals surface area (Å²) in [6, 6.07) is 38.8. The van der Waals surface area contributed by atoms with Crippen LogP contribution in [0.25, 0.3) is 36.5 Å². The zero-order valence-electron chi connectivity index (χ0n) is 34.8. The fraction of sp³-hybridized carbons (Fsp3) is 0.0741. The summed E-state index contributed by atoms with van der Waals surface area (Å²) < 4.78 is 77.2. The van der Waals surface area contributed by atoms with Crippen LogP contribution in [-0.2, 0) is 26.7 Å². The molecule has 0 amide bonds. The molecule has 10 heteroatoms. The Morgan fingerprint density at radius 2 is 0.719 bits per heavy atom. The third kappa shape index (κ3) is 17.3. The van der Waals surface area contributed by atoms with Gasteiger partial charge < -0.3 is 0 Å². The second-order valence-corrected chi connectivity index (χ2v) is 13.8. The molecule has 0 fully saturated rings. The van der Waals surface area contributed by atoms with Crippen LogP contribution < -0.4 is 0 Å². The largest absolute Gasteiger partial charge is 0.416 e. The third-order valence-electron chi connectivity index (χ3n) is 8.98. The number of carbonyl (C=O) groups is 3. The van der Waals surface area contributed by atoms with E-state index in [1.807, 2.05) is 117 Å². The highest BCUT2D eigenvalue weighted by molar-refractivity contribution is 6.05. The molecule has 0 radical (unpaired) electrons. The Morgan fingerprint density at radius 1 is 0.391 bits per heavy atom. The number of hydrogen-bond donors (Lipinski definition) is 0. The molecule has 64 heavy (non-hydrogen) atoms. The van der Waals surface area contributed by atoms with Crippen molar-refractivity contribution in [3.8, 4) is 0 Å². The number of carbonyl (C=O) groups excluding carboxylic acids is 3. The predicted molar refractivity (Wildman–Crippen MR) is 245 cm³/mol. The lowest BCUT2D eigenvalue weighted by Gasteiger charge is -2.09. The zero-order valence-corrected chi connectivity index (χ0v) is 34.8. The van der Waals surface area contributed by atoms with Gasteiger partial charge in [0.05, 0.1) is 11.1 Å². The summed E-state index contributed by atoms with van der Waals surface area (Å²) >= 11 is 0. The highest BCUT2D eigenvalue weighted by Crippen LogP contribution is 2.33. The first-order valence-electron chi connectivity index (χ1n) is 19.7. The van der Waals surface area contributed by atoms with E-state index in [2.05, 4.69) is 4.98 Å². The van der Waals surface area contributed by atoms with E-state index in [1.54, 1.807) is 42.8 Å². The van der Waals surface area contributed by atoms with E-state index in [0.29, 0.717) is 0 Å². The Morgan fingerprint density at radius 3 is 1.11 bits per heavy atom. The average Bonchev–Trinajstić information content (AvgIpc) is 3.29. The molecule has 324 valence electrons. The van der Waals surface area contributed by atoms with Crippen LogP contribution in [0.4, 0.5) is 26.3 Å². The van der Waals surface area contributed by atoms with Gasteiger partial charge in [0.15, 0.2) is 17.3 Å². The second kappa shape index (κ2) is 24.7. The maximum atomic E-state index is 12.9. The number of ketones is 3. The van der Waals surface area contributed by atoms with Crippen LogP contribution in [-0.4, -0.2) is 22.3 Å². The Hall–Kier alpha value is -7.72. The van der Waals surface area contributed by atoms with Crippen molar-refractivity contribution in [3.63, 3.8) is 0 Å². The summed E-state index contributed by atoms with van der Waals surface area (Å²) in [6.45, 7) is 4.07. The van der Waals surface area contributed by atoms with Gasteiger partial charge in [0, 0.05) is 12.4 Å². The molecule has 0 unspecified atom stereocenters. The van der Waals surface area contributed by atoms with Crippen LogP contribution in [0.1, 0.15) is 55.6 Å². The lowest BCUT2D eigenvalue weighted by atomic mass is 10.0. The quantitative estimate of drug-likeness (QED) is 0.0908. The smallest absolute Gasteiger partial charge is 0.290 e. The minimum absolute atomic E-state index is 0.00324. The van der Waals surface area contributed by atoms with Gasteiger partial charge >= 0.3 is 12.4 Å². The number of hydrogen-bond acceptors (Lipinski definition) is 4. The SMILES string of the molecule is Cc1ccccc1/C=C/C(=O)/C=C/c1ccccc1C.O=C(/C=C/c1ccccc1)/C=C/c1cccnc1.O=C(/C=C/c1ccccc1C(F)(F)F)/C=C/c1ccccc1C(F)(F)F. The van der Waals surface area contributed by atoms with E-state index in [-0.39, 0.29) is 22.7 Å². The first-order valence-corrected chi connectivity index (χ1v) is 19.7. The summed E-state index contributed by atoms with van der Waals surface area (Å²) in [5, 5.41) is 0. The standard InChI is InChI=1S/C19H12F6O.C19H18O.C16H13NO/c20-18(21,22)16-7-3-1-5-13(16)9-11-15(26)12-10-14-6-2-4-8-17(14)19(23,24)25;1-15-7-3-5-9-17(15)11-13-19(20)14-12-18-10-6-4-8-16(18)2;18-16(10-8-14-5-2-1-3-6-14)11-9-15-7-4-12-17-13-15/h1-12H;3-14H,1-2H3;1-13H/b11-9+,12-10+;13-11+,14-12+;10-8+,11-9+. The van der Waals surface area contributed by atoms with Gasteiger partial charge in [0.25, 0.3) is 0 Å². The predicted octanol–water partition coefficient (Wildman–Crippen LogP) is 14.0. The highest BCUT2D eigenvalue weighted by atomic mass is 19.4. The van der Waals surface area contributed by atoms with Crippen molar-refractivity contribution in [1.82, 2.24) is 4.98 Å². The van der Waals surface area contributed by atoms with Crippen molar-refractivity contribution in [1.29, 1.82) is 0 Å². The molecule has 0 spiro atoms. The van der Waals surface area contributed by atoms with Gasteiger partial charge in [-0.05, 0) is 119 Å². The third-order valence-corrected chi connectivity index (χ3v) is 8.98. The summed E-state index contributed by atoms with van der Waals surface area (Å²) in [5.74, 6) is -0.779. The van der Waals surface area contributed by atoms with E-state index in [9.17, 15) is 40.7 Å². The van der Waals surface area contributed by atoms with Crippen LogP contribution >= 0.6 is 0 Å². The number of aryl methyl sites for hydroxylation is 2. The molecule has 5 aromatic carbocycles. The number of halogens is 6. The minimum atomic E-state index is -4.58. The van der Waals surface area contributed by atoms with Crippen molar-refractivity contribution in [3.05, 3.63) is 244 Å². The summed E-state index contributed by atoms with van der Waals surface area (Å²) in [7, 11) is 0. The van der Waals surface area contributed by atoms with Crippen molar-refractivity contribution >= 4 is 53.8 Å². The Labute approximate surface area is 368 Å². The summed E-state index contributed by atoms with van der Waals surface area (Å²) in [4.78, 5) is 39.2. The maximum Gasteiger partial charge on any atom is 0.416 e. The lowest BCUT2D eigenvalue weighted by molar-refractivity contribution is -0.138. The number of rotatable bonds is 12. The number of aromatic nitrogens is 1. The van der Waals surface area contributed by atoms with Gasteiger partial charge in [0.1, 0.15) is 0 Å². The van der Waals surface area contributed by atoms with Gasteiger partial charge in [-0.25, -0.2) is 0 Å².